The third-order valence-electron chi connectivity index (χ3n) is 3.69. The van der Waals surface area contributed by atoms with Gasteiger partial charge < -0.3 is 0 Å². The molecule has 1 aromatic heterocycles. The van der Waals surface area contributed by atoms with Gasteiger partial charge in [-0.15, -0.1) is 0 Å². The number of fused-ring (bicyclic) bond motifs is 1. The number of nitrogens with zero attached hydrogens (tertiary/aromatic N) is 2. The maximum Gasteiger partial charge on any atom is 0.260 e. The molecule has 3 aromatic rings. The van der Waals surface area contributed by atoms with Crippen molar-refractivity contribution in [3.05, 3.63) is 59.2 Å². The molecule has 1 amide bonds. The first-order chi connectivity index (χ1) is 10.6. The highest BCUT2D eigenvalue weighted by atomic mass is 32.1. The molecule has 112 valence electrons. The predicted molar refractivity (Wildman–Crippen MR) is 92.9 cm³/mol. The second-order valence-electron chi connectivity index (χ2n) is 5.33. The third kappa shape index (κ3) is 2.62. The molecule has 0 bridgehead atoms. The highest BCUT2D eigenvalue weighted by molar-refractivity contribution is 7.22. The molecule has 3 rings (SSSR count). The van der Waals surface area contributed by atoms with Gasteiger partial charge in [0.05, 0.1) is 10.2 Å². The van der Waals surface area contributed by atoms with E-state index in [2.05, 4.69) is 4.98 Å². The predicted octanol–water partition coefficient (Wildman–Crippen LogP) is 4.58. The number of amides is 1. The second kappa shape index (κ2) is 5.89. The lowest BCUT2D eigenvalue weighted by Crippen LogP contribution is -2.31. The van der Waals surface area contributed by atoms with Gasteiger partial charge >= 0.3 is 0 Å². The Balaban J connectivity index is 2.01. The number of carbonyl (C=O) groups excluding carboxylic acids is 1. The fourth-order valence-electron chi connectivity index (χ4n) is 2.54. The van der Waals surface area contributed by atoms with Crippen molar-refractivity contribution in [2.75, 3.05) is 11.4 Å². The van der Waals surface area contributed by atoms with E-state index in [1.54, 1.807) is 16.2 Å². The van der Waals surface area contributed by atoms with E-state index in [4.69, 9.17) is 0 Å². The Morgan fingerprint density at radius 3 is 2.64 bits per heavy atom. The van der Waals surface area contributed by atoms with Crippen LogP contribution in [0.3, 0.4) is 0 Å². The largest absolute Gasteiger partial charge is 0.284 e. The minimum Gasteiger partial charge on any atom is -0.284 e. The van der Waals surface area contributed by atoms with Crippen LogP contribution in [0.2, 0.25) is 0 Å². The zero-order valence-electron chi connectivity index (χ0n) is 13.0. The molecular weight excluding hydrogens is 292 g/mol. The molecule has 0 aliphatic heterocycles. The molecule has 2 aromatic carbocycles. The highest BCUT2D eigenvalue weighted by Crippen LogP contribution is 2.29. The van der Waals surface area contributed by atoms with Gasteiger partial charge in [-0.1, -0.05) is 41.2 Å². The average Bonchev–Trinajstić information content (AvgIpc) is 2.91. The van der Waals surface area contributed by atoms with Crippen molar-refractivity contribution in [1.29, 1.82) is 0 Å². The zero-order chi connectivity index (χ0) is 15.7. The standard InChI is InChI=1S/C18H18N2OS/c1-4-20(17(21)14-10-9-12(2)11-13(14)3)18-19-15-7-5-6-8-16(15)22-18/h5-11H,4H2,1-3H3. The van der Waals surface area contributed by atoms with Gasteiger partial charge in [0.2, 0.25) is 0 Å². The van der Waals surface area contributed by atoms with E-state index >= 15 is 0 Å². The smallest absolute Gasteiger partial charge is 0.260 e. The van der Waals surface area contributed by atoms with Crippen LogP contribution in [0.4, 0.5) is 5.13 Å². The van der Waals surface area contributed by atoms with Crippen LogP contribution in [0, 0.1) is 13.8 Å². The van der Waals surface area contributed by atoms with E-state index < -0.39 is 0 Å². The van der Waals surface area contributed by atoms with Crippen molar-refractivity contribution in [2.45, 2.75) is 20.8 Å². The summed E-state index contributed by atoms with van der Waals surface area (Å²) >= 11 is 1.56. The van der Waals surface area contributed by atoms with Crippen molar-refractivity contribution >= 4 is 32.6 Å². The van der Waals surface area contributed by atoms with E-state index in [9.17, 15) is 4.79 Å². The molecule has 22 heavy (non-hydrogen) atoms. The Labute approximate surface area is 134 Å². The van der Waals surface area contributed by atoms with Gasteiger partial charge in [-0.3, -0.25) is 9.69 Å². The number of carbonyl (C=O) groups is 1. The monoisotopic (exact) mass is 310 g/mol. The third-order valence-corrected chi connectivity index (χ3v) is 4.75. The van der Waals surface area contributed by atoms with Gasteiger partial charge in [-0.2, -0.15) is 0 Å². The van der Waals surface area contributed by atoms with Crippen molar-refractivity contribution < 1.29 is 4.79 Å². The Bertz CT molecular complexity index is 805. The number of anilines is 1. The number of hydrogen-bond donors (Lipinski definition) is 0. The van der Waals surface area contributed by atoms with E-state index in [0.29, 0.717) is 6.54 Å². The molecule has 4 heteroatoms. The van der Waals surface area contributed by atoms with Crippen LogP contribution in [0.25, 0.3) is 10.2 Å². The Kier molecular flexibility index (Phi) is 3.94. The van der Waals surface area contributed by atoms with E-state index in [-0.39, 0.29) is 5.91 Å². The number of para-hydroxylation sites is 1. The molecule has 0 unspecified atom stereocenters. The van der Waals surface area contributed by atoms with Gasteiger partial charge in [0.1, 0.15) is 0 Å². The summed E-state index contributed by atoms with van der Waals surface area (Å²) in [6.45, 7) is 6.60. The van der Waals surface area contributed by atoms with Crippen molar-refractivity contribution in [2.24, 2.45) is 0 Å². The summed E-state index contributed by atoms with van der Waals surface area (Å²) in [6.07, 6.45) is 0. The molecule has 0 aliphatic carbocycles. The summed E-state index contributed by atoms with van der Waals surface area (Å²) < 4.78 is 1.10. The number of rotatable bonds is 3. The van der Waals surface area contributed by atoms with Crippen LogP contribution in [-0.4, -0.2) is 17.4 Å². The van der Waals surface area contributed by atoms with Gasteiger partial charge in [0, 0.05) is 12.1 Å². The Morgan fingerprint density at radius 1 is 1.18 bits per heavy atom. The quantitative estimate of drug-likeness (QED) is 0.709. The minimum atomic E-state index is 0.0130. The molecule has 1 heterocycles. The highest BCUT2D eigenvalue weighted by Gasteiger charge is 2.20. The first-order valence-corrected chi connectivity index (χ1v) is 8.16. The number of benzene rings is 2. The van der Waals surface area contributed by atoms with E-state index in [0.717, 1.165) is 32.0 Å². The number of aromatic nitrogens is 1. The summed E-state index contributed by atoms with van der Waals surface area (Å²) in [5.41, 5.74) is 3.85. The number of thiazole rings is 1. The van der Waals surface area contributed by atoms with Crippen LogP contribution in [-0.2, 0) is 0 Å². The molecule has 0 N–H and O–H groups in total. The maximum absolute atomic E-state index is 12.9. The maximum atomic E-state index is 12.9. The Morgan fingerprint density at radius 2 is 1.95 bits per heavy atom. The lowest BCUT2D eigenvalue weighted by Gasteiger charge is -2.19. The summed E-state index contributed by atoms with van der Waals surface area (Å²) in [5.74, 6) is 0.0130. The molecule has 0 spiro atoms. The van der Waals surface area contributed by atoms with Crippen molar-refractivity contribution in [1.82, 2.24) is 4.98 Å². The molecule has 0 saturated carbocycles. The zero-order valence-corrected chi connectivity index (χ0v) is 13.8. The average molecular weight is 310 g/mol. The van der Waals surface area contributed by atoms with Gasteiger partial charge in [0.15, 0.2) is 5.13 Å². The first-order valence-electron chi connectivity index (χ1n) is 7.35. The molecule has 0 atom stereocenters. The second-order valence-corrected chi connectivity index (χ2v) is 6.34. The molecule has 0 radical (unpaired) electrons. The molecule has 0 saturated heterocycles. The number of hydrogen-bond acceptors (Lipinski definition) is 3. The molecule has 3 nitrogen and oxygen atoms in total. The van der Waals surface area contributed by atoms with Crippen LogP contribution in [0.15, 0.2) is 42.5 Å². The topological polar surface area (TPSA) is 33.2 Å². The van der Waals surface area contributed by atoms with E-state index in [1.165, 1.54) is 0 Å². The fraction of sp³-hybridized carbons (Fsp3) is 0.222. The molecule has 0 aliphatic rings. The van der Waals surface area contributed by atoms with Gasteiger partial charge in [-0.25, -0.2) is 4.98 Å². The first kappa shape index (κ1) is 14.7. The SMILES string of the molecule is CCN(C(=O)c1ccc(C)cc1C)c1nc2ccccc2s1. The van der Waals surface area contributed by atoms with Crippen LogP contribution in [0.1, 0.15) is 28.4 Å². The van der Waals surface area contributed by atoms with Crippen molar-refractivity contribution in [3.8, 4) is 0 Å². The van der Waals surface area contributed by atoms with Crippen molar-refractivity contribution in [3.63, 3.8) is 0 Å². The van der Waals surface area contributed by atoms with Crippen LogP contribution < -0.4 is 4.90 Å². The van der Waals surface area contributed by atoms with E-state index in [1.807, 2.05) is 63.2 Å². The molecular formula is C18H18N2OS. The van der Waals surface area contributed by atoms with Gasteiger partial charge in [0.25, 0.3) is 5.91 Å². The fourth-order valence-corrected chi connectivity index (χ4v) is 3.57. The lowest BCUT2D eigenvalue weighted by atomic mass is 10.0. The minimum absolute atomic E-state index is 0.0130. The molecule has 0 fully saturated rings. The number of aryl methyl sites for hydroxylation is 2. The van der Waals surface area contributed by atoms with Gasteiger partial charge in [-0.05, 0) is 44.5 Å². The summed E-state index contributed by atoms with van der Waals surface area (Å²) in [4.78, 5) is 19.2. The summed E-state index contributed by atoms with van der Waals surface area (Å²) in [6, 6.07) is 13.9. The van der Waals surface area contributed by atoms with Crippen LogP contribution >= 0.6 is 11.3 Å². The van der Waals surface area contributed by atoms with Crippen LogP contribution in [0.5, 0.6) is 0 Å². The summed E-state index contributed by atoms with van der Waals surface area (Å²) in [7, 11) is 0. The normalized spacial score (nSPS) is 10.9. The lowest BCUT2D eigenvalue weighted by molar-refractivity contribution is 0.0987. The summed E-state index contributed by atoms with van der Waals surface area (Å²) in [5, 5.41) is 0.758. The Hall–Kier alpha value is -2.20.